The van der Waals surface area contributed by atoms with Gasteiger partial charge in [-0.3, -0.25) is 4.79 Å². The number of nitrogens with one attached hydrogen (secondary N) is 2. The fourth-order valence-electron chi connectivity index (χ4n) is 3.01. The smallest absolute Gasteiger partial charge is 0.220 e. The second-order valence-corrected chi connectivity index (χ2v) is 6.96. The second kappa shape index (κ2) is 9.67. The van der Waals surface area contributed by atoms with Gasteiger partial charge < -0.3 is 15.4 Å². The highest BCUT2D eigenvalue weighted by atomic mass is 16.5. The summed E-state index contributed by atoms with van der Waals surface area (Å²) in [5, 5.41) is 6.42. The van der Waals surface area contributed by atoms with Crippen molar-refractivity contribution in [3.63, 3.8) is 0 Å². The van der Waals surface area contributed by atoms with Gasteiger partial charge in [-0.25, -0.2) is 0 Å². The van der Waals surface area contributed by atoms with Gasteiger partial charge in [0.1, 0.15) is 5.75 Å². The molecule has 1 saturated heterocycles. The predicted molar refractivity (Wildman–Crippen MR) is 98.2 cm³/mol. The van der Waals surface area contributed by atoms with Crippen LogP contribution in [0.1, 0.15) is 57.1 Å². The van der Waals surface area contributed by atoms with Crippen LogP contribution in [0.25, 0.3) is 0 Å². The van der Waals surface area contributed by atoms with Crippen molar-refractivity contribution >= 4 is 5.91 Å². The highest BCUT2D eigenvalue weighted by molar-refractivity contribution is 5.75. The summed E-state index contributed by atoms with van der Waals surface area (Å²) in [4.78, 5) is 12.1. The van der Waals surface area contributed by atoms with Gasteiger partial charge in [-0.05, 0) is 70.2 Å². The minimum absolute atomic E-state index is 0.142. The van der Waals surface area contributed by atoms with E-state index in [1.54, 1.807) is 0 Å². The van der Waals surface area contributed by atoms with Crippen molar-refractivity contribution < 1.29 is 9.53 Å². The molecule has 1 amide bonds. The number of rotatable bonds is 8. The Kier molecular flexibility index (Phi) is 7.57. The molecule has 2 N–H and O–H groups in total. The first-order chi connectivity index (χ1) is 11.6. The number of hydrogen-bond donors (Lipinski definition) is 2. The number of amides is 1. The summed E-state index contributed by atoms with van der Waals surface area (Å²) in [6, 6.07) is 6.18. The van der Waals surface area contributed by atoms with Gasteiger partial charge in [0.2, 0.25) is 5.91 Å². The highest BCUT2D eigenvalue weighted by Crippen LogP contribution is 2.22. The molecule has 0 aromatic heterocycles. The van der Waals surface area contributed by atoms with E-state index >= 15 is 0 Å². The molecule has 1 atom stereocenters. The molecule has 134 valence electrons. The molecule has 1 aliphatic rings. The summed E-state index contributed by atoms with van der Waals surface area (Å²) in [6.45, 7) is 8.96. The third kappa shape index (κ3) is 6.16. The molecule has 1 aromatic carbocycles. The van der Waals surface area contributed by atoms with Gasteiger partial charge in [-0.1, -0.05) is 19.1 Å². The van der Waals surface area contributed by atoms with Gasteiger partial charge in [0.15, 0.2) is 0 Å². The van der Waals surface area contributed by atoms with Crippen LogP contribution < -0.4 is 15.4 Å². The maximum Gasteiger partial charge on any atom is 0.220 e. The Bertz CT molecular complexity index is 524. The topological polar surface area (TPSA) is 50.4 Å². The highest BCUT2D eigenvalue weighted by Gasteiger charge is 2.15. The summed E-state index contributed by atoms with van der Waals surface area (Å²) >= 11 is 0. The van der Waals surface area contributed by atoms with Crippen molar-refractivity contribution in [2.24, 2.45) is 5.92 Å². The van der Waals surface area contributed by atoms with Gasteiger partial charge in [0.05, 0.1) is 6.10 Å². The first-order valence-electron chi connectivity index (χ1n) is 9.32. The standard InChI is InChI=1S/C20H32N2O2/c1-4-16(3)24-19-13-15(2)5-7-18(19)14-22-20(23)8-6-17-9-11-21-12-10-17/h5,7,13,16-17,21H,4,6,8-12,14H2,1-3H3,(H,22,23). The number of aryl methyl sites for hydroxylation is 1. The summed E-state index contributed by atoms with van der Waals surface area (Å²) in [5.74, 6) is 1.73. The van der Waals surface area contributed by atoms with Crippen molar-refractivity contribution in [2.75, 3.05) is 13.1 Å². The van der Waals surface area contributed by atoms with Gasteiger partial charge in [0, 0.05) is 18.5 Å². The summed E-state index contributed by atoms with van der Waals surface area (Å²) in [7, 11) is 0. The predicted octanol–water partition coefficient (Wildman–Crippen LogP) is 3.57. The molecular weight excluding hydrogens is 300 g/mol. The Morgan fingerprint density at radius 1 is 1.38 bits per heavy atom. The number of ether oxygens (including phenoxy) is 1. The second-order valence-electron chi connectivity index (χ2n) is 6.96. The molecule has 0 bridgehead atoms. The van der Waals surface area contributed by atoms with Gasteiger partial charge >= 0.3 is 0 Å². The third-order valence-electron chi connectivity index (χ3n) is 4.84. The molecule has 4 nitrogen and oxygen atoms in total. The average Bonchev–Trinajstić information content (AvgIpc) is 2.60. The van der Waals surface area contributed by atoms with Crippen LogP contribution in [0.15, 0.2) is 18.2 Å². The van der Waals surface area contributed by atoms with Crippen molar-refractivity contribution in [2.45, 2.75) is 65.5 Å². The van der Waals surface area contributed by atoms with Crippen LogP contribution >= 0.6 is 0 Å². The minimum Gasteiger partial charge on any atom is -0.490 e. The fraction of sp³-hybridized carbons (Fsp3) is 0.650. The Balaban J connectivity index is 1.82. The number of benzene rings is 1. The van der Waals surface area contributed by atoms with Crippen molar-refractivity contribution in [1.82, 2.24) is 10.6 Å². The van der Waals surface area contributed by atoms with Crippen LogP contribution in [0.4, 0.5) is 0 Å². The van der Waals surface area contributed by atoms with Crippen LogP contribution in [-0.4, -0.2) is 25.1 Å². The van der Waals surface area contributed by atoms with E-state index in [2.05, 4.69) is 49.6 Å². The van der Waals surface area contributed by atoms with Gasteiger partial charge in [0.25, 0.3) is 0 Å². The number of piperidine rings is 1. The summed E-state index contributed by atoms with van der Waals surface area (Å²) < 4.78 is 6.00. The van der Waals surface area contributed by atoms with Crippen LogP contribution in [0.3, 0.4) is 0 Å². The SMILES string of the molecule is CCC(C)Oc1cc(C)ccc1CNC(=O)CCC1CCNCC1. The largest absolute Gasteiger partial charge is 0.490 e. The zero-order valence-electron chi connectivity index (χ0n) is 15.4. The number of carbonyl (C=O) groups is 1. The fourth-order valence-corrected chi connectivity index (χ4v) is 3.01. The monoisotopic (exact) mass is 332 g/mol. The quantitative estimate of drug-likeness (QED) is 0.765. The summed E-state index contributed by atoms with van der Waals surface area (Å²) in [5.41, 5.74) is 2.23. The maximum atomic E-state index is 12.1. The van der Waals surface area contributed by atoms with Crippen LogP contribution in [0, 0.1) is 12.8 Å². The average molecular weight is 332 g/mol. The van der Waals surface area contributed by atoms with Crippen molar-refractivity contribution in [1.29, 1.82) is 0 Å². The van der Waals surface area contributed by atoms with Crippen molar-refractivity contribution in [3.8, 4) is 5.75 Å². The molecule has 1 aliphatic heterocycles. The first kappa shape index (κ1) is 18.8. The molecule has 1 unspecified atom stereocenters. The van der Waals surface area contributed by atoms with Crippen LogP contribution in [0.5, 0.6) is 5.75 Å². The third-order valence-corrected chi connectivity index (χ3v) is 4.84. The molecular formula is C20H32N2O2. The molecule has 0 aliphatic carbocycles. The normalized spacial score (nSPS) is 16.6. The van der Waals surface area contributed by atoms with Crippen molar-refractivity contribution in [3.05, 3.63) is 29.3 Å². The number of hydrogen-bond acceptors (Lipinski definition) is 3. The van der Waals surface area contributed by atoms with E-state index < -0.39 is 0 Å². The van der Waals surface area contributed by atoms with E-state index in [1.807, 2.05) is 0 Å². The lowest BCUT2D eigenvalue weighted by atomic mass is 9.93. The molecule has 24 heavy (non-hydrogen) atoms. The zero-order chi connectivity index (χ0) is 17.4. The molecule has 1 fully saturated rings. The van der Waals surface area contributed by atoms with E-state index in [0.29, 0.717) is 18.9 Å². The van der Waals surface area contributed by atoms with Crippen LogP contribution in [-0.2, 0) is 11.3 Å². The molecule has 2 rings (SSSR count). The minimum atomic E-state index is 0.142. The van der Waals surface area contributed by atoms with E-state index in [0.717, 1.165) is 37.2 Å². The zero-order valence-corrected chi connectivity index (χ0v) is 15.4. The van der Waals surface area contributed by atoms with Gasteiger partial charge in [-0.2, -0.15) is 0 Å². The van der Waals surface area contributed by atoms with E-state index in [1.165, 1.54) is 18.4 Å². The molecule has 1 heterocycles. The maximum absolute atomic E-state index is 12.1. The molecule has 1 aromatic rings. The Morgan fingerprint density at radius 2 is 2.12 bits per heavy atom. The Labute approximate surface area is 146 Å². The Hall–Kier alpha value is -1.55. The molecule has 0 radical (unpaired) electrons. The lowest BCUT2D eigenvalue weighted by Gasteiger charge is -2.22. The lowest BCUT2D eigenvalue weighted by molar-refractivity contribution is -0.121. The lowest BCUT2D eigenvalue weighted by Crippen LogP contribution is -2.29. The molecule has 0 saturated carbocycles. The molecule has 4 heteroatoms. The molecule has 0 spiro atoms. The first-order valence-corrected chi connectivity index (χ1v) is 9.32. The van der Waals surface area contributed by atoms with Crippen LogP contribution in [0.2, 0.25) is 0 Å². The summed E-state index contributed by atoms with van der Waals surface area (Å²) in [6.07, 6.45) is 5.16. The van der Waals surface area contributed by atoms with E-state index in [9.17, 15) is 4.79 Å². The Morgan fingerprint density at radius 3 is 2.83 bits per heavy atom. The van der Waals surface area contributed by atoms with E-state index in [4.69, 9.17) is 4.74 Å². The van der Waals surface area contributed by atoms with E-state index in [-0.39, 0.29) is 12.0 Å². The number of carbonyl (C=O) groups excluding carboxylic acids is 1. The van der Waals surface area contributed by atoms with Gasteiger partial charge in [-0.15, -0.1) is 0 Å².